The summed E-state index contributed by atoms with van der Waals surface area (Å²) in [6.07, 6.45) is 1.71. The molecule has 0 saturated heterocycles. The van der Waals surface area contributed by atoms with Crippen LogP contribution in [0.3, 0.4) is 0 Å². The largest absolute Gasteiger partial charge is 0.493 e. The van der Waals surface area contributed by atoms with Gasteiger partial charge in [-0.05, 0) is 24.5 Å². The van der Waals surface area contributed by atoms with E-state index in [9.17, 15) is 13.6 Å². The number of nitrogens with zero attached hydrogens (tertiary/aromatic N) is 1. The van der Waals surface area contributed by atoms with Crippen LogP contribution >= 0.6 is 0 Å². The first-order chi connectivity index (χ1) is 14.8. The van der Waals surface area contributed by atoms with Crippen molar-refractivity contribution in [1.82, 2.24) is 5.06 Å². The third-order valence-corrected chi connectivity index (χ3v) is 8.06. The van der Waals surface area contributed by atoms with Gasteiger partial charge in [-0.2, -0.15) is 5.06 Å². The first-order valence-electron chi connectivity index (χ1n) is 10.4. The standard InChI is InChI=1S/C23H31NO6S/c1-6-13-23(7-2)15-31(26,27)22-17(14-18(28-3)20(29-4)21(22)30-5)19(24(23)25)16-11-9-8-10-12-16/h8-12,14,19,25H,6-7,13,15H2,1-5H3/t19-,23-/m1/s1. The van der Waals surface area contributed by atoms with Gasteiger partial charge in [0.15, 0.2) is 21.3 Å². The van der Waals surface area contributed by atoms with E-state index in [1.54, 1.807) is 6.07 Å². The van der Waals surface area contributed by atoms with Crippen molar-refractivity contribution in [3.8, 4) is 17.2 Å². The number of ether oxygens (including phenoxy) is 3. The number of rotatable bonds is 7. The van der Waals surface area contributed by atoms with Crippen LogP contribution in [0.2, 0.25) is 0 Å². The molecule has 1 heterocycles. The van der Waals surface area contributed by atoms with E-state index in [-0.39, 0.29) is 22.1 Å². The van der Waals surface area contributed by atoms with Gasteiger partial charge in [0.1, 0.15) is 4.90 Å². The van der Waals surface area contributed by atoms with E-state index in [1.807, 2.05) is 44.2 Å². The summed E-state index contributed by atoms with van der Waals surface area (Å²) in [6.45, 7) is 3.89. The minimum atomic E-state index is -3.86. The average Bonchev–Trinajstić information content (AvgIpc) is 2.84. The molecule has 0 aliphatic carbocycles. The van der Waals surface area contributed by atoms with Crippen LogP contribution in [0.25, 0.3) is 0 Å². The molecule has 7 nitrogen and oxygen atoms in total. The number of hydrogen-bond donors (Lipinski definition) is 1. The monoisotopic (exact) mass is 449 g/mol. The van der Waals surface area contributed by atoms with Gasteiger partial charge in [0.2, 0.25) is 5.75 Å². The molecule has 0 saturated carbocycles. The Labute approximate surface area is 184 Å². The van der Waals surface area contributed by atoms with Gasteiger partial charge in [-0.15, -0.1) is 0 Å². The SMILES string of the molecule is CCC[C@]1(CC)CS(=O)(=O)c2c(cc(OC)c(OC)c2OC)[C@@H](c2ccccc2)N1O. The molecular weight excluding hydrogens is 418 g/mol. The summed E-state index contributed by atoms with van der Waals surface area (Å²) >= 11 is 0. The first-order valence-corrected chi connectivity index (χ1v) is 12.0. The van der Waals surface area contributed by atoms with Crippen molar-refractivity contribution < 1.29 is 27.8 Å². The number of methoxy groups -OCH3 is 3. The normalized spacial score (nSPS) is 23.0. The zero-order valence-electron chi connectivity index (χ0n) is 18.7. The van der Waals surface area contributed by atoms with Crippen LogP contribution < -0.4 is 14.2 Å². The summed E-state index contributed by atoms with van der Waals surface area (Å²) in [5.41, 5.74) is 0.208. The summed E-state index contributed by atoms with van der Waals surface area (Å²) in [6, 6.07) is 10.3. The molecule has 1 N–H and O–H groups in total. The van der Waals surface area contributed by atoms with E-state index in [2.05, 4.69) is 0 Å². The Balaban J connectivity index is 2.47. The lowest BCUT2D eigenvalue weighted by atomic mass is 9.88. The van der Waals surface area contributed by atoms with Gasteiger partial charge in [-0.25, -0.2) is 8.42 Å². The molecule has 2 atom stereocenters. The van der Waals surface area contributed by atoms with Crippen LogP contribution in [0, 0.1) is 0 Å². The molecule has 0 amide bonds. The molecule has 0 aromatic heterocycles. The highest BCUT2D eigenvalue weighted by Gasteiger charge is 2.49. The van der Waals surface area contributed by atoms with Crippen LogP contribution in [0.5, 0.6) is 17.2 Å². The van der Waals surface area contributed by atoms with Gasteiger partial charge in [0.25, 0.3) is 0 Å². The lowest BCUT2D eigenvalue weighted by Crippen LogP contribution is -2.51. The van der Waals surface area contributed by atoms with Gasteiger partial charge in [-0.3, -0.25) is 0 Å². The molecule has 170 valence electrons. The fourth-order valence-corrected chi connectivity index (χ4v) is 6.94. The third kappa shape index (κ3) is 3.88. The van der Waals surface area contributed by atoms with Crippen LogP contribution in [0.4, 0.5) is 0 Å². The maximum Gasteiger partial charge on any atom is 0.204 e. The second-order valence-corrected chi connectivity index (χ2v) is 9.73. The predicted octanol–water partition coefficient (Wildman–Crippen LogP) is 4.23. The van der Waals surface area contributed by atoms with E-state index in [4.69, 9.17) is 14.2 Å². The van der Waals surface area contributed by atoms with Crippen molar-refractivity contribution in [3.63, 3.8) is 0 Å². The van der Waals surface area contributed by atoms with Crippen LogP contribution in [0.15, 0.2) is 41.3 Å². The minimum Gasteiger partial charge on any atom is -0.493 e. The summed E-state index contributed by atoms with van der Waals surface area (Å²) in [4.78, 5) is 0.0342. The van der Waals surface area contributed by atoms with Gasteiger partial charge in [-0.1, -0.05) is 50.6 Å². The van der Waals surface area contributed by atoms with Crippen LogP contribution in [-0.2, 0) is 9.84 Å². The van der Waals surface area contributed by atoms with E-state index in [0.29, 0.717) is 24.2 Å². The predicted molar refractivity (Wildman–Crippen MR) is 118 cm³/mol. The van der Waals surface area contributed by atoms with Crippen molar-refractivity contribution in [3.05, 3.63) is 47.5 Å². The van der Waals surface area contributed by atoms with E-state index >= 15 is 0 Å². The molecule has 0 fully saturated rings. The van der Waals surface area contributed by atoms with Crippen LogP contribution in [-0.4, -0.2) is 51.3 Å². The molecule has 0 radical (unpaired) electrons. The van der Waals surface area contributed by atoms with E-state index < -0.39 is 21.4 Å². The van der Waals surface area contributed by atoms with Gasteiger partial charge in [0.05, 0.1) is 38.7 Å². The summed E-state index contributed by atoms with van der Waals surface area (Å²) in [5, 5.41) is 12.9. The molecule has 0 bridgehead atoms. The maximum absolute atomic E-state index is 13.8. The quantitative estimate of drug-likeness (QED) is 0.677. The molecule has 0 spiro atoms. The van der Waals surface area contributed by atoms with Crippen molar-refractivity contribution in [1.29, 1.82) is 0 Å². The van der Waals surface area contributed by atoms with Crippen molar-refractivity contribution in [2.75, 3.05) is 27.1 Å². The fraction of sp³-hybridized carbons (Fsp3) is 0.478. The molecule has 3 rings (SSSR count). The Kier molecular flexibility index (Phi) is 6.83. The summed E-state index contributed by atoms with van der Waals surface area (Å²) < 4.78 is 44.1. The molecule has 31 heavy (non-hydrogen) atoms. The molecule has 2 aromatic carbocycles. The van der Waals surface area contributed by atoms with Gasteiger partial charge >= 0.3 is 0 Å². The average molecular weight is 450 g/mol. The number of benzene rings is 2. The smallest absolute Gasteiger partial charge is 0.204 e. The van der Waals surface area contributed by atoms with Crippen molar-refractivity contribution >= 4 is 9.84 Å². The minimum absolute atomic E-state index is 0.0342. The van der Waals surface area contributed by atoms with E-state index in [1.165, 1.54) is 26.4 Å². The third-order valence-electron chi connectivity index (χ3n) is 6.10. The highest BCUT2D eigenvalue weighted by atomic mass is 32.2. The second kappa shape index (κ2) is 9.06. The number of hydroxylamine groups is 2. The molecule has 1 aliphatic rings. The topological polar surface area (TPSA) is 85.3 Å². The Morgan fingerprint density at radius 2 is 1.71 bits per heavy atom. The first kappa shape index (κ1) is 23.4. The lowest BCUT2D eigenvalue weighted by molar-refractivity contribution is -0.193. The van der Waals surface area contributed by atoms with Gasteiger partial charge < -0.3 is 19.4 Å². The molecule has 1 aliphatic heterocycles. The maximum atomic E-state index is 13.8. The summed E-state index contributed by atoms with van der Waals surface area (Å²) in [7, 11) is 0.475. The zero-order chi connectivity index (χ0) is 22.8. The van der Waals surface area contributed by atoms with Crippen LogP contribution in [0.1, 0.15) is 50.3 Å². The highest BCUT2D eigenvalue weighted by Crippen LogP contribution is 2.52. The molecule has 0 unspecified atom stereocenters. The van der Waals surface area contributed by atoms with Gasteiger partial charge in [0, 0.05) is 5.56 Å². The Morgan fingerprint density at radius 3 is 2.23 bits per heavy atom. The van der Waals surface area contributed by atoms with E-state index in [0.717, 1.165) is 12.0 Å². The zero-order valence-corrected chi connectivity index (χ0v) is 19.5. The molecular formula is C23H31NO6S. The van der Waals surface area contributed by atoms with Crippen molar-refractivity contribution in [2.45, 2.75) is 49.6 Å². The Hall–Kier alpha value is -2.29. The highest BCUT2D eigenvalue weighted by molar-refractivity contribution is 7.91. The lowest BCUT2D eigenvalue weighted by Gasteiger charge is -2.41. The second-order valence-electron chi connectivity index (χ2n) is 7.81. The fourth-order valence-electron chi connectivity index (χ4n) is 4.62. The molecule has 2 aromatic rings. The summed E-state index contributed by atoms with van der Waals surface area (Å²) in [5.74, 6) is 0.406. The Bertz CT molecular complexity index is 1020. The van der Waals surface area contributed by atoms with Crippen molar-refractivity contribution in [2.24, 2.45) is 0 Å². The number of sulfone groups is 1. The number of fused-ring (bicyclic) bond motifs is 1. The Morgan fingerprint density at radius 1 is 1.06 bits per heavy atom. The molecule has 8 heteroatoms. The number of hydrogen-bond acceptors (Lipinski definition) is 7.